The van der Waals surface area contributed by atoms with E-state index in [0.29, 0.717) is 24.6 Å². The van der Waals surface area contributed by atoms with Gasteiger partial charge in [0, 0.05) is 6.42 Å². The Morgan fingerprint density at radius 3 is 2.63 bits per heavy atom. The van der Waals surface area contributed by atoms with Gasteiger partial charge in [0.2, 0.25) is 0 Å². The summed E-state index contributed by atoms with van der Waals surface area (Å²) in [5, 5.41) is 0. The van der Waals surface area contributed by atoms with Crippen LogP contribution in [0.3, 0.4) is 0 Å². The Labute approximate surface area is 114 Å². The lowest BCUT2D eigenvalue weighted by Crippen LogP contribution is -3.15. The third-order valence-corrected chi connectivity index (χ3v) is 3.39. The van der Waals surface area contributed by atoms with Crippen molar-refractivity contribution in [3.63, 3.8) is 0 Å². The molecule has 2 rings (SSSR count). The summed E-state index contributed by atoms with van der Waals surface area (Å²) >= 11 is 0. The molecule has 0 aliphatic carbocycles. The lowest BCUT2D eigenvalue weighted by atomic mass is 10.2. The van der Waals surface area contributed by atoms with Crippen LogP contribution in [0.2, 0.25) is 0 Å². The van der Waals surface area contributed by atoms with Gasteiger partial charge in [0.25, 0.3) is 0 Å². The quantitative estimate of drug-likeness (QED) is 0.813. The summed E-state index contributed by atoms with van der Waals surface area (Å²) in [5.74, 6) is 0.0599. The molecule has 0 spiro atoms. The molecule has 0 amide bonds. The Balaban J connectivity index is 1.68. The fourth-order valence-corrected chi connectivity index (χ4v) is 2.66. The van der Waals surface area contributed by atoms with E-state index in [9.17, 15) is 4.39 Å². The second kappa shape index (κ2) is 6.87. The summed E-state index contributed by atoms with van der Waals surface area (Å²) in [6.45, 7) is 7.94. The molecule has 1 fully saturated rings. The predicted octanol–water partition coefficient (Wildman–Crippen LogP) is 1.29. The number of para-hydroxylation sites is 1. The maximum Gasteiger partial charge on any atom is 0.165 e. The molecule has 0 bridgehead atoms. The molecule has 0 aromatic heterocycles. The van der Waals surface area contributed by atoms with E-state index in [4.69, 9.17) is 9.47 Å². The van der Waals surface area contributed by atoms with Gasteiger partial charge in [-0.3, -0.25) is 0 Å². The first-order chi connectivity index (χ1) is 9.15. The lowest BCUT2D eigenvalue weighted by molar-refractivity contribution is -0.915. The van der Waals surface area contributed by atoms with E-state index < -0.39 is 0 Å². The van der Waals surface area contributed by atoms with Crippen LogP contribution < -0.4 is 9.64 Å². The van der Waals surface area contributed by atoms with E-state index in [0.717, 1.165) is 26.1 Å². The van der Waals surface area contributed by atoms with Crippen LogP contribution in [0.1, 0.15) is 20.3 Å². The van der Waals surface area contributed by atoms with Gasteiger partial charge < -0.3 is 14.4 Å². The Hall–Kier alpha value is -1.13. The highest BCUT2D eigenvalue weighted by atomic mass is 19.1. The molecule has 1 aromatic rings. The van der Waals surface area contributed by atoms with Crippen molar-refractivity contribution < 1.29 is 18.8 Å². The van der Waals surface area contributed by atoms with Crippen molar-refractivity contribution in [2.45, 2.75) is 32.5 Å². The topological polar surface area (TPSA) is 22.9 Å². The number of hydrogen-bond donors (Lipinski definition) is 1. The van der Waals surface area contributed by atoms with E-state index in [1.807, 2.05) is 0 Å². The molecule has 4 heteroatoms. The van der Waals surface area contributed by atoms with E-state index in [1.54, 1.807) is 23.1 Å². The number of hydrogen-bond acceptors (Lipinski definition) is 2. The second-order valence-corrected chi connectivity index (χ2v) is 5.30. The highest BCUT2D eigenvalue weighted by Gasteiger charge is 2.24. The number of nitrogens with one attached hydrogen (secondary N) is 1. The van der Waals surface area contributed by atoms with Crippen molar-refractivity contribution in [3.8, 4) is 5.75 Å². The molecule has 106 valence electrons. The van der Waals surface area contributed by atoms with Gasteiger partial charge in [-0.2, -0.15) is 0 Å². The number of quaternary nitrogens is 1. The molecular weight excluding hydrogens is 245 g/mol. The molecule has 0 unspecified atom stereocenters. The van der Waals surface area contributed by atoms with E-state index in [2.05, 4.69) is 13.8 Å². The fourth-order valence-electron chi connectivity index (χ4n) is 2.66. The average molecular weight is 268 g/mol. The summed E-state index contributed by atoms with van der Waals surface area (Å²) in [6.07, 6.45) is 1.58. The summed E-state index contributed by atoms with van der Waals surface area (Å²) in [5.41, 5.74) is 0. The number of rotatable bonds is 5. The summed E-state index contributed by atoms with van der Waals surface area (Å²) < 4.78 is 24.5. The van der Waals surface area contributed by atoms with Crippen LogP contribution in [-0.2, 0) is 4.74 Å². The van der Waals surface area contributed by atoms with E-state index >= 15 is 0 Å². The van der Waals surface area contributed by atoms with Crippen LogP contribution in [0.5, 0.6) is 5.75 Å². The predicted molar refractivity (Wildman–Crippen MR) is 72.1 cm³/mol. The first-order valence-corrected chi connectivity index (χ1v) is 7.01. The zero-order valence-corrected chi connectivity index (χ0v) is 11.7. The van der Waals surface area contributed by atoms with Gasteiger partial charge in [-0.15, -0.1) is 0 Å². The van der Waals surface area contributed by atoms with Gasteiger partial charge in [0.15, 0.2) is 11.6 Å². The minimum atomic E-state index is -0.288. The highest BCUT2D eigenvalue weighted by Crippen LogP contribution is 2.15. The molecule has 1 N–H and O–H groups in total. The standard InChI is InChI=1S/C15H22FNO2/c1-12-10-17(11-13(2)19-12)8-5-9-18-15-7-4-3-6-14(15)16/h3-4,6-7,12-13H,5,8-11H2,1-2H3/p+1/t12-,13-/m0/s1. The van der Waals surface area contributed by atoms with Crippen LogP contribution >= 0.6 is 0 Å². The van der Waals surface area contributed by atoms with Crippen LogP contribution in [0.15, 0.2) is 24.3 Å². The smallest absolute Gasteiger partial charge is 0.165 e. The number of halogens is 1. The number of morpholine rings is 1. The molecule has 1 heterocycles. The normalized spacial score (nSPS) is 27.2. The molecule has 2 atom stereocenters. The van der Waals surface area contributed by atoms with E-state index in [-0.39, 0.29) is 5.82 Å². The number of benzene rings is 1. The fraction of sp³-hybridized carbons (Fsp3) is 0.600. The van der Waals surface area contributed by atoms with Gasteiger partial charge in [-0.05, 0) is 26.0 Å². The molecule has 3 nitrogen and oxygen atoms in total. The minimum absolute atomic E-state index is 0.288. The van der Waals surface area contributed by atoms with Gasteiger partial charge >= 0.3 is 0 Å². The molecule has 0 saturated carbocycles. The van der Waals surface area contributed by atoms with Gasteiger partial charge in [-0.1, -0.05) is 12.1 Å². The molecule has 1 aliphatic heterocycles. The Morgan fingerprint density at radius 1 is 1.26 bits per heavy atom. The van der Waals surface area contributed by atoms with Crippen molar-refractivity contribution in [2.24, 2.45) is 0 Å². The van der Waals surface area contributed by atoms with Crippen LogP contribution in [0.25, 0.3) is 0 Å². The van der Waals surface area contributed by atoms with Crippen LogP contribution in [-0.4, -0.2) is 38.4 Å². The molecule has 0 radical (unpaired) electrons. The van der Waals surface area contributed by atoms with Crippen molar-refractivity contribution in [2.75, 3.05) is 26.2 Å². The third-order valence-electron chi connectivity index (χ3n) is 3.39. The zero-order valence-electron chi connectivity index (χ0n) is 11.7. The SMILES string of the molecule is C[C@H]1C[NH+](CCCOc2ccccc2F)C[C@H](C)O1. The monoisotopic (exact) mass is 268 g/mol. The van der Waals surface area contributed by atoms with Gasteiger partial charge in [-0.25, -0.2) is 4.39 Å². The molecule has 1 aliphatic rings. The van der Waals surface area contributed by atoms with Gasteiger partial charge in [0.05, 0.1) is 13.2 Å². The first-order valence-electron chi connectivity index (χ1n) is 7.01. The van der Waals surface area contributed by atoms with Crippen LogP contribution in [0.4, 0.5) is 4.39 Å². The van der Waals surface area contributed by atoms with Crippen molar-refractivity contribution in [1.29, 1.82) is 0 Å². The van der Waals surface area contributed by atoms with Crippen molar-refractivity contribution >= 4 is 0 Å². The molecule has 19 heavy (non-hydrogen) atoms. The summed E-state index contributed by atoms with van der Waals surface area (Å²) in [6, 6.07) is 6.55. The number of ether oxygens (including phenoxy) is 2. The van der Waals surface area contributed by atoms with Crippen molar-refractivity contribution in [3.05, 3.63) is 30.1 Å². The summed E-state index contributed by atoms with van der Waals surface area (Å²) in [4.78, 5) is 1.54. The molecular formula is C15H23FNO2+. The van der Waals surface area contributed by atoms with Crippen molar-refractivity contribution in [1.82, 2.24) is 0 Å². The second-order valence-electron chi connectivity index (χ2n) is 5.30. The Kier molecular flexibility index (Phi) is 5.16. The molecule has 1 saturated heterocycles. The lowest BCUT2D eigenvalue weighted by Gasteiger charge is -2.32. The van der Waals surface area contributed by atoms with Crippen LogP contribution in [0, 0.1) is 5.82 Å². The Morgan fingerprint density at radius 2 is 1.95 bits per heavy atom. The largest absolute Gasteiger partial charge is 0.490 e. The molecule has 1 aromatic carbocycles. The first kappa shape index (κ1) is 14.3. The van der Waals surface area contributed by atoms with Gasteiger partial charge in [0.1, 0.15) is 25.3 Å². The zero-order chi connectivity index (χ0) is 13.7. The maximum absolute atomic E-state index is 13.3. The maximum atomic E-state index is 13.3. The average Bonchev–Trinajstić information content (AvgIpc) is 2.35. The third kappa shape index (κ3) is 4.48. The Bertz CT molecular complexity index is 389. The van der Waals surface area contributed by atoms with E-state index in [1.165, 1.54) is 6.07 Å². The highest BCUT2D eigenvalue weighted by molar-refractivity contribution is 5.23. The minimum Gasteiger partial charge on any atom is -0.490 e. The summed E-state index contributed by atoms with van der Waals surface area (Å²) in [7, 11) is 0.